The molecule has 102 valence electrons. The first kappa shape index (κ1) is 14.1. The van der Waals surface area contributed by atoms with E-state index in [-0.39, 0.29) is 11.3 Å². The van der Waals surface area contributed by atoms with Crippen molar-refractivity contribution in [3.8, 4) is 0 Å². The van der Waals surface area contributed by atoms with Gasteiger partial charge >= 0.3 is 0 Å². The maximum absolute atomic E-state index is 12.1. The van der Waals surface area contributed by atoms with Crippen LogP contribution in [0.1, 0.15) is 41.7 Å². The molecule has 0 radical (unpaired) electrons. The van der Waals surface area contributed by atoms with Gasteiger partial charge in [0.2, 0.25) is 0 Å². The zero-order valence-corrected chi connectivity index (χ0v) is 12.9. The topological polar surface area (TPSA) is 57.8 Å². The number of nitrogens with zero attached hydrogens (tertiary/aromatic N) is 1. The highest BCUT2D eigenvalue weighted by Gasteiger charge is 2.19. The Balaban J connectivity index is 2.16. The molecule has 2 heterocycles. The van der Waals surface area contributed by atoms with Crippen molar-refractivity contribution >= 4 is 34.7 Å². The zero-order valence-electron chi connectivity index (χ0n) is 11.3. The first-order valence-corrected chi connectivity index (χ1v) is 7.15. The van der Waals surface area contributed by atoms with Crippen LogP contribution in [-0.2, 0) is 5.41 Å². The van der Waals surface area contributed by atoms with E-state index in [9.17, 15) is 4.79 Å². The summed E-state index contributed by atoms with van der Waals surface area (Å²) in [6.07, 6.45) is 0. The molecule has 0 aliphatic rings. The molecule has 2 N–H and O–H groups in total. The number of carbonyl (C=O) groups excluding carboxylic acids is 1. The van der Waals surface area contributed by atoms with E-state index in [0.717, 1.165) is 11.3 Å². The van der Waals surface area contributed by atoms with Crippen LogP contribution in [0.15, 0.2) is 11.4 Å². The molecule has 0 bridgehead atoms. The lowest BCUT2D eigenvalue weighted by Crippen LogP contribution is -2.12. The Hall–Kier alpha value is -1.33. The largest absolute Gasteiger partial charge is 0.304 e. The number of hydrogen-bond acceptors (Lipinski definition) is 3. The molecule has 1 amide bonds. The molecule has 0 atom stereocenters. The molecule has 0 aromatic carbocycles. The number of H-pyrrole nitrogens is 1. The number of nitrogens with one attached hydrogen (secondary N) is 2. The number of thiophene rings is 1. The van der Waals surface area contributed by atoms with Gasteiger partial charge in [0.05, 0.1) is 5.02 Å². The lowest BCUT2D eigenvalue weighted by atomic mass is 9.92. The SMILES string of the molecule is Cc1csc(C(=O)Nc2cc(C(C)(C)C)[nH]n2)c1Cl. The average molecular weight is 298 g/mol. The second-order valence-electron chi connectivity index (χ2n) is 5.43. The molecular formula is C13H16ClN3OS. The van der Waals surface area contributed by atoms with Crippen molar-refractivity contribution in [1.82, 2.24) is 10.2 Å². The Morgan fingerprint density at radius 1 is 1.47 bits per heavy atom. The highest BCUT2D eigenvalue weighted by Crippen LogP contribution is 2.28. The van der Waals surface area contributed by atoms with E-state index in [1.165, 1.54) is 11.3 Å². The van der Waals surface area contributed by atoms with Crippen LogP contribution in [0.5, 0.6) is 0 Å². The van der Waals surface area contributed by atoms with Crippen molar-refractivity contribution in [2.75, 3.05) is 5.32 Å². The molecule has 0 spiro atoms. The van der Waals surface area contributed by atoms with Gasteiger partial charge in [0.15, 0.2) is 5.82 Å². The standard InChI is InChI=1S/C13H16ClN3OS/c1-7-6-19-11(10(7)14)12(18)15-9-5-8(16-17-9)13(2,3)4/h5-6H,1-4H3,(H2,15,16,17,18). The van der Waals surface area contributed by atoms with Crippen molar-refractivity contribution in [1.29, 1.82) is 0 Å². The van der Waals surface area contributed by atoms with Crippen LogP contribution in [0.3, 0.4) is 0 Å². The summed E-state index contributed by atoms with van der Waals surface area (Å²) in [5, 5.41) is 12.1. The van der Waals surface area contributed by atoms with E-state index >= 15 is 0 Å². The third kappa shape index (κ3) is 2.98. The molecule has 2 rings (SSSR count). The fourth-order valence-electron chi connectivity index (χ4n) is 1.53. The van der Waals surface area contributed by atoms with Gasteiger partial charge in [-0.05, 0) is 17.9 Å². The van der Waals surface area contributed by atoms with Crippen LogP contribution in [-0.4, -0.2) is 16.1 Å². The Bertz CT molecular complexity index is 610. The van der Waals surface area contributed by atoms with Gasteiger partial charge in [-0.1, -0.05) is 32.4 Å². The number of rotatable bonds is 2. The second kappa shape index (κ2) is 4.98. The molecule has 0 unspecified atom stereocenters. The molecule has 0 aliphatic heterocycles. The number of aromatic amines is 1. The molecule has 19 heavy (non-hydrogen) atoms. The van der Waals surface area contributed by atoms with Gasteiger partial charge in [-0.2, -0.15) is 5.10 Å². The minimum Gasteiger partial charge on any atom is -0.304 e. The summed E-state index contributed by atoms with van der Waals surface area (Å²) in [6.45, 7) is 8.10. The molecule has 2 aromatic rings. The van der Waals surface area contributed by atoms with E-state index in [0.29, 0.717) is 15.7 Å². The minimum absolute atomic E-state index is 0.0346. The van der Waals surface area contributed by atoms with Crippen molar-refractivity contribution in [3.63, 3.8) is 0 Å². The second-order valence-corrected chi connectivity index (χ2v) is 6.69. The first-order valence-electron chi connectivity index (χ1n) is 5.90. The normalized spacial score (nSPS) is 11.6. The smallest absolute Gasteiger partial charge is 0.268 e. The maximum atomic E-state index is 12.1. The molecule has 0 saturated heterocycles. The average Bonchev–Trinajstić information content (AvgIpc) is 2.87. The minimum atomic E-state index is -0.227. The number of halogens is 1. The summed E-state index contributed by atoms with van der Waals surface area (Å²) in [4.78, 5) is 12.6. The summed E-state index contributed by atoms with van der Waals surface area (Å²) in [5.41, 5.74) is 1.85. The molecular weight excluding hydrogens is 282 g/mol. The number of aromatic nitrogens is 2. The van der Waals surface area contributed by atoms with Gasteiger partial charge in [-0.3, -0.25) is 9.89 Å². The van der Waals surface area contributed by atoms with E-state index in [2.05, 4.69) is 36.3 Å². The van der Waals surface area contributed by atoms with Crippen LogP contribution in [0.4, 0.5) is 5.82 Å². The van der Waals surface area contributed by atoms with Crippen LogP contribution < -0.4 is 5.32 Å². The fraction of sp³-hybridized carbons (Fsp3) is 0.385. The Labute approximate surface area is 121 Å². The van der Waals surface area contributed by atoms with Gasteiger partial charge in [0, 0.05) is 17.2 Å². The third-order valence-electron chi connectivity index (χ3n) is 2.73. The van der Waals surface area contributed by atoms with Gasteiger partial charge in [-0.25, -0.2) is 0 Å². The predicted octanol–water partition coefficient (Wildman–Crippen LogP) is 3.98. The van der Waals surface area contributed by atoms with Crippen LogP contribution in [0.25, 0.3) is 0 Å². The third-order valence-corrected chi connectivity index (χ3v) is 4.43. The first-order chi connectivity index (χ1) is 8.79. The Morgan fingerprint density at radius 3 is 2.63 bits per heavy atom. The van der Waals surface area contributed by atoms with Gasteiger partial charge in [0.1, 0.15) is 4.88 Å². The number of hydrogen-bond donors (Lipinski definition) is 2. The highest BCUT2D eigenvalue weighted by molar-refractivity contribution is 7.13. The van der Waals surface area contributed by atoms with Gasteiger partial charge < -0.3 is 5.32 Å². The highest BCUT2D eigenvalue weighted by atomic mass is 35.5. The van der Waals surface area contributed by atoms with Crippen molar-refractivity contribution in [3.05, 3.63) is 32.6 Å². The fourth-order valence-corrected chi connectivity index (χ4v) is 2.70. The maximum Gasteiger partial charge on any atom is 0.268 e. The molecule has 0 fully saturated rings. The summed E-state index contributed by atoms with van der Waals surface area (Å²) in [7, 11) is 0. The van der Waals surface area contributed by atoms with Crippen LogP contribution in [0, 0.1) is 6.92 Å². The lowest BCUT2D eigenvalue weighted by molar-refractivity contribution is 0.103. The van der Waals surface area contributed by atoms with Crippen LogP contribution in [0.2, 0.25) is 5.02 Å². The van der Waals surface area contributed by atoms with Crippen LogP contribution >= 0.6 is 22.9 Å². The number of carbonyl (C=O) groups is 1. The van der Waals surface area contributed by atoms with Crippen molar-refractivity contribution in [2.45, 2.75) is 33.1 Å². The monoisotopic (exact) mass is 297 g/mol. The van der Waals surface area contributed by atoms with Gasteiger partial charge in [0.25, 0.3) is 5.91 Å². The summed E-state index contributed by atoms with van der Waals surface area (Å²) >= 11 is 7.40. The number of amides is 1. The molecule has 2 aromatic heterocycles. The molecule has 0 saturated carbocycles. The van der Waals surface area contributed by atoms with Crippen molar-refractivity contribution in [2.24, 2.45) is 0 Å². The zero-order chi connectivity index (χ0) is 14.2. The number of anilines is 1. The van der Waals surface area contributed by atoms with Crippen molar-refractivity contribution < 1.29 is 4.79 Å². The Kier molecular flexibility index (Phi) is 3.69. The number of aryl methyl sites for hydroxylation is 1. The summed E-state index contributed by atoms with van der Waals surface area (Å²) in [5.74, 6) is 0.284. The molecule has 0 aliphatic carbocycles. The Morgan fingerprint density at radius 2 is 2.16 bits per heavy atom. The van der Waals surface area contributed by atoms with E-state index < -0.39 is 0 Å². The quantitative estimate of drug-likeness (QED) is 0.881. The molecule has 4 nitrogen and oxygen atoms in total. The summed E-state index contributed by atoms with van der Waals surface area (Å²) in [6, 6.07) is 1.84. The summed E-state index contributed by atoms with van der Waals surface area (Å²) < 4.78 is 0. The lowest BCUT2D eigenvalue weighted by Gasteiger charge is -2.14. The van der Waals surface area contributed by atoms with E-state index in [4.69, 9.17) is 11.6 Å². The predicted molar refractivity (Wildman–Crippen MR) is 79.3 cm³/mol. The van der Waals surface area contributed by atoms with E-state index in [1.54, 1.807) is 0 Å². The van der Waals surface area contributed by atoms with Gasteiger partial charge in [-0.15, -0.1) is 11.3 Å². The molecule has 6 heteroatoms. The van der Waals surface area contributed by atoms with E-state index in [1.807, 2.05) is 18.4 Å².